The van der Waals surface area contributed by atoms with Crippen LogP contribution in [0.25, 0.3) is 0 Å². The first kappa shape index (κ1) is 28.8. The molecule has 10 nitrogen and oxygen atoms in total. The first-order chi connectivity index (χ1) is 18.5. The molecular formula is C28H36N2O8S. The number of carbonyl (C=O) groups excluding carboxylic acids is 2. The summed E-state index contributed by atoms with van der Waals surface area (Å²) >= 11 is 0. The quantitative estimate of drug-likeness (QED) is 0.484. The topological polar surface area (TPSA) is 112 Å². The molecule has 2 aromatic carbocycles. The predicted octanol–water partition coefficient (Wildman–Crippen LogP) is 2.55. The highest BCUT2D eigenvalue weighted by molar-refractivity contribution is 7.91. The van der Waals surface area contributed by atoms with E-state index >= 15 is 0 Å². The van der Waals surface area contributed by atoms with Crippen LogP contribution in [0.1, 0.15) is 27.7 Å². The fourth-order valence-electron chi connectivity index (χ4n) is 4.80. The van der Waals surface area contributed by atoms with Gasteiger partial charge in [0, 0.05) is 26.2 Å². The molecule has 0 aliphatic carbocycles. The van der Waals surface area contributed by atoms with Gasteiger partial charge < -0.3 is 28.7 Å². The number of benzene rings is 2. The monoisotopic (exact) mass is 560 g/mol. The van der Waals surface area contributed by atoms with Crippen LogP contribution in [0.2, 0.25) is 0 Å². The molecule has 2 saturated heterocycles. The van der Waals surface area contributed by atoms with Crippen molar-refractivity contribution in [1.29, 1.82) is 0 Å². The number of hydrogen-bond acceptors (Lipinski definition) is 8. The summed E-state index contributed by atoms with van der Waals surface area (Å²) in [5.74, 6) is 0.502. The maximum absolute atomic E-state index is 13.1. The fraction of sp³-hybridized carbons (Fsp3) is 0.500. The van der Waals surface area contributed by atoms with Crippen molar-refractivity contribution < 1.29 is 37.0 Å². The second-order valence-electron chi connectivity index (χ2n) is 10.1. The van der Waals surface area contributed by atoms with Crippen molar-refractivity contribution in [2.24, 2.45) is 0 Å². The Balaban J connectivity index is 1.30. The smallest absolute Gasteiger partial charge is 0.260 e. The van der Waals surface area contributed by atoms with Gasteiger partial charge in [-0.1, -0.05) is 0 Å². The average molecular weight is 561 g/mol. The van der Waals surface area contributed by atoms with Crippen molar-refractivity contribution in [3.63, 3.8) is 0 Å². The van der Waals surface area contributed by atoms with Crippen LogP contribution in [0.5, 0.6) is 11.5 Å². The Morgan fingerprint density at radius 3 is 1.28 bits per heavy atom. The predicted molar refractivity (Wildman–Crippen MR) is 143 cm³/mol. The molecule has 0 aromatic heterocycles. The standard InChI is InChI=1S/C28H36N2O8S/c1-19-13-29(14-20(2)37-19)27(31)17-35-23-5-9-25(10-6-23)39(33,34)26-11-7-24(8-12-26)36-18-28(32)30-15-21(3)38-22(4)16-30/h5-12,19-22H,13-18H2,1-4H3/t19-,20+,21-,22+. The molecule has 2 aliphatic rings. The number of sulfone groups is 1. The van der Waals surface area contributed by atoms with Gasteiger partial charge >= 0.3 is 0 Å². The minimum absolute atomic E-state index is 0.0340. The Kier molecular flexibility index (Phi) is 9.14. The molecule has 212 valence electrons. The molecule has 0 N–H and O–H groups in total. The van der Waals surface area contributed by atoms with Gasteiger partial charge in [0.1, 0.15) is 11.5 Å². The van der Waals surface area contributed by atoms with Gasteiger partial charge in [0.2, 0.25) is 9.84 Å². The van der Waals surface area contributed by atoms with Crippen molar-refractivity contribution >= 4 is 21.7 Å². The van der Waals surface area contributed by atoms with Gasteiger partial charge in [0.15, 0.2) is 13.2 Å². The van der Waals surface area contributed by atoms with E-state index < -0.39 is 9.84 Å². The van der Waals surface area contributed by atoms with E-state index in [1.54, 1.807) is 9.80 Å². The molecule has 2 aliphatic heterocycles. The van der Waals surface area contributed by atoms with Crippen molar-refractivity contribution in [3.05, 3.63) is 48.5 Å². The Morgan fingerprint density at radius 1 is 0.667 bits per heavy atom. The van der Waals surface area contributed by atoms with Crippen molar-refractivity contribution in [2.75, 3.05) is 39.4 Å². The number of morpholine rings is 2. The third-order valence-corrected chi connectivity index (χ3v) is 8.32. The van der Waals surface area contributed by atoms with E-state index in [1.165, 1.54) is 48.5 Å². The Labute approximate surface area is 229 Å². The zero-order chi connectivity index (χ0) is 28.2. The molecule has 2 aromatic rings. The number of amides is 2. The molecule has 39 heavy (non-hydrogen) atoms. The average Bonchev–Trinajstić information content (AvgIpc) is 2.89. The van der Waals surface area contributed by atoms with E-state index in [9.17, 15) is 18.0 Å². The first-order valence-electron chi connectivity index (χ1n) is 13.1. The van der Waals surface area contributed by atoms with Crippen LogP contribution < -0.4 is 9.47 Å². The van der Waals surface area contributed by atoms with Crippen molar-refractivity contribution in [1.82, 2.24) is 9.80 Å². The molecule has 0 unspecified atom stereocenters. The van der Waals surface area contributed by atoms with Crippen LogP contribution in [0.15, 0.2) is 58.3 Å². The molecule has 4 atom stereocenters. The number of carbonyl (C=O) groups is 2. The van der Waals surface area contributed by atoms with Gasteiger partial charge in [-0.25, -0.2) is 8.42 Å². The summed E-state index contributed by atoms with van der Waals surface area (Å²) in [6.45, 7) is 9.45. The summed E-state index contributed by atoms with van der Waals surface area (Å²) in [5, 5.41) is 0. The Bertz CT molecular complexity index is 1140. The Hall–Kier alpha value is -3.15. The van der Waals surface area contributed by atoms with E-state index in [4.69, 9.17) is 18.9 Å². The molecular weight excluding hydrogens is 524 g/mol. The van der Waals surface area contributed by atoms with Crippen LogP contribution in [0.4, 0.5) is 0 Å². The molecule has 2 amide bonds. The van der Waals surface area contributed by atoms with E-state index in [-0.39, 0.29) is 59.2 Å². The molecule has 0 radical (unpaired) electrons. The lowest BCUT2D eigenvalue weighted by atomic mass is 10.2. The van der Waals surface area contributed by atoms with Gasteiger partial charge in [0.05, 0.1) is 34.2 Å². The summed E-state index contributed by atoms with van der Waals surface area (Å²) in [6.07, 6.45) is -0.136. The third kappa shape index (κ3) is 7.49. The normalized spacial score (nSPS) is 23.8. The second-order valence-corrected chi connectivity index (χ2v) is 12.1. The van der Waals surface area contributed by atoms with E-state index in [1.807, 2.05) is 27.7 Å². The van der Waals surface area contributed by atoms with Crippen LogP contribution in [0, 0.1) is 0 Å². The summed E-state index contributed by atoms with van der Waals surface area (Å²) in [4.78, 5) is 28.6. The number of hydrogen-bond donors (Lipinski definition) is 0. The van der Waals surface area contributed by atoms with Gasteiger partial charge in [-0.2, -0.15) is 0 Å². The summed E-state index contributed by atoms with van der Waals surface area (Å²) < 4.78 is 48.7. The molecule has 0 bridgehead atoms. The number of nitrogens with zero attached hydrogens (tertiary/aromatic N) is 2. The van der Waals surface area contributed by atoms with Gasteiger partial charge in [0.25, 0.3) is 11.8 Å². The van der Waals surface area contributed by atoms with Crippen molar-refractivity contribution in [3.8, 4) is 11.5 Å². The first-order valence-corrected chi connectivity index (χ1v) is 14.6. The lowest BCUT2D eigenvalue weighted by molar-refractivity contribution is -0.145. The molecule has 4 rings (SSSR count). The summed E-state index contributed by atoms with van der Waals surface area (Å²) in [7, 11) is -3.78. The van der Waals surface area contributed by atoms with Gasteiger partial charge in [-0.15, -0.1) is 0 Å². The van der Waals surface area contributed by atoms with E-state index in [0.29, 0.717) is 37.7 Å². The number of rotatable bonds is 8. The van der Waals surface area contributed by atoms with Crippen LogP contribution >= 0.6 is 0 Å². The third-order valence-electron chi connectivity index (χ3n) is 6.54. The zero-order valence-corrected chi connectivity index (χ0v) is 23.6. The molecule has 0 saturated carbocycles. The molecule has 0 spiro atoms. The van der Waals surface area contributed by atoms with Gasteiger partial charge in [-0.3, -0.25) is 9.59 Å². The maximum atomic E-state index is 13.1. The second kappa shape index (κ2) is 12.4. The van der Waals surface area contributed by atoms with Gasteiger partial charge in [-0.05, 0) is 76.2 Å². The van der Waals surface area contributed by atoms with Crippen LogP contribution in [-0.4, -0.2) is 93.8 Å². The molecule has 2 heterocycles. The summed E-state index contributed by atoms with van der Waals surface area (Å²) in [6, 6.07) is 11.9. The Morgan fingerprint density at radius 2 is 0.974 bits per heavy atom. The minimum atomic E-state index is -3.78. The zero-order valence-electron chi connectivity index (χ0n) is 22.7. The highest BCUT2D eigenvalue weighted by Crippen LogP contribution is 2.25. The SMILES string of the molecule is C[C@@H]1CN(C(=O)COc2ccc(S(=O)(=O)c3ccc(OCC(=O)N4C[C@@H](C)O[C@@H](C)C4)cc3)cc2)C[C@H](C)O1. The molecule has 2 fully saturated rings. The van der Waals surface area contributed by atoms with Crippen molar-refractivity contribution in [2.45, 2.75) is 61.9 Å². The number of ether oxygens (including phenoxy) is 4. The molecule has 11 heteroatoms. The minimum Gasteiger partial charge on any atom is -0.484 e. The lowest BCUT2D eigenvalue weighted by Crippen LogP contribution is -2.49. The maximum Gasteiger partial charge on any atom is 0.260 e. The van der Waals surface area contributed by atoms with Crippen LogP contribution in [0.3, 0.4) is 0 Å². The fourth-order valence-corrected chi connectivity index (χ4v) is 6.06. The largest absolute Gasteiger partial charge is 0.484 e. The van der Waals surface area contributed by atoms with Crippen LogP contribution in [-0.2, 0) is 28.9 Å². The van der Waals surface area contributed by atoms with E-state index in [0.717, 1.165) is 0 Å². The highest BCUT2D eigenvalue weighted by Gasteiger charge is 2.27. The van der Waals surface area contributed by atoms with E-state index in [2.05, 4.69) is 0 Å². The lowest BCUT2D eigenvalue weighted by Gasteiger charge is -2.35. The highest BCUT2D eigenvalue weighted by atomic mass is 32.2. The summed E-state index contributed by atoms with van der Waals surface area (Å²) in [5.41, 5.74) is 0.